The molecule has 6 N–H and O–H groups in total. The number of nitrogens with zero attached hydrogens (tertiary/aromatic N) is 4. The Hall–Kier alpha value is -3.21. The highest BCUT2D eigenvalue weighted by Gasteiger charge is 2.09. The molecule has 0 fully saturated rings. The standard InChI is InChI=1S/C12H13N3.C6H8BNO2.C6H7ClN2.CH4/c1-9-6-11(4-5-14-9)12-3-2-10(7-13)8-15-12;1-5-4-6(7(9)10)2-3-8-5;7-6-2-1-5(3-8)4-9-6;/h2-6,8H,7,13H2,1H3;2-4,9-10H,1H3;1-2,4H,3,8H2;1H4. The van der Waals surface area contributed by atoms with Gasteiger partial charge in [0.05, 0.1) is 5.69 Å². The van der Waals surface area contributed by atoms with Crippen LogP contribution in [0.2, 0.25) is 5.15 Å². The van der Waals surface area contributed by atoms with Crippen molar-refractivity contribution in [3.05, 3.63) is 101 Å². The molecule has 4 heterocycles. The van der Waals surface area contributed by atoms with E-state index in [1.807, 2.05) is 43.5 Å². The van der Waals surface area contributed by atoms with Gasteiger partial charge in [-0.3, -0.25) is 15.0 Å². The summed E-state index contributed by atoms with van der Waals surface area (Å²) in [6.07, 6.45) is 6.82. The van der Waals surface area contributed by atoms with Crippen LogP contribution in [0, 0.1) is 13.8 Å². The normalized spacial score (nSPS) is 9.57. The van der Waals surface area contributed by atoms with Crippen LogP contribution < -0.4 is 16.9 Å². The molecule has 4 aromatic heterocycles. The second-order valence-electron chi connectivity index (χ2n) is 7.24. The molecule has 0 aliphatic rings. The third kappa shape index (κ3) is 10.7. The van der Waals surface area contributed by atoms with E-state index in [-0.39, 0.29) is 7.43 Å². The Balaban J connectivity index is 0.000000271. The number of halogens is 1. The molecule has 184 valence electrons. The highest BCUT2D eigenvalue weighted by Crippen LogP contribution is 2.16. The van der Waals surface area contributed by atoms with E-state index in [9.17, 15) is 0 Å². The Morgan fingerprint density at radius 1 is 0.771 bits per heavy atom. The lowest BCUT2D eigenvalue weighted by molar-refractivity contribution is 0.425. The molecule has 0 unspecified atom stereocenters. The summed E-state index contributed by atoms with van der Waals surface area (Å²) in [5.41, 5.74) is 17.2. The van der Waals surface area contributed by atoms with Gasteiger partial charge in [0.2, 0.25) is 0 Å². The first-order chi connectivity index (χ1) is 16.3. The van der Waals surface area contributed by atoms with Crippen molar-refractivity contribution in [1.82, 2.24) is 19.9 Å². The van der Waals surface area contributed by atoms with E-state index >= 15 is 0 Å². The zero-order valence-corrected chi connectivity index (χ0v) is 19.9. The average Bonchev–Trinajstić information content (AvgIpc) is 2.85. The monoisotopic (exact) mass is 494 g/mol. The molecule has 4 rings (SSSR count). The van der Waals surface area contributed by atoms with Gasteiger partial charge in [-0.1, -0.05) is 31.2 Å². The maximum absolute atomic E-state index is 8.68. The molecule has 0 aromatic carbocycles. The lowest BCUT2D eigenvalue weighted by atomic mass is 9.81. The van der Waals surface area contributed by atoms with Crippen LogP contribution in [-0.4, -0.2) is 37.1 Å². The molecule has 35 heavy (non-hydrogen) atoms. The fraction of sp³-hybridized carbons (Fsp3) is 0.200. The summed E-state index contributed by atoms with van der Waals surface area (Å²) < 4.78 is 0. The molecule has 8 nitrogen and oxygen atoms in total. The topological polar surface area (TPSA) is 144 Å². The Morgan fingerprint density at radius 3 is 1.77 bits per heavy atom. The van der Waals surface area contributed by atoms with E-state index in [1.54, 1.807) is 43.7 Å². The SMILES string of the molecule is C.Cc1cc(-c2ccc(CN)cn2)ccn1.Cc1cc(B(O)O)ccn1.NCc1ccc(Cl)nc1. The van der Waals surface area contributed by atoms with Gasteiger partial charge in [0.15, 0.2) is 0 Å². The van der Waals surface area contributed by atoms with Gasteiger partial charge in [0.25, 0.3) is 0 Å². The van der Waals surface area contributed by atoms with Crippen LogP contribution in [0.5, 0.6) is 0 Å². The van der Waals surface area contributed by atoms with Gasteiger partial charge in [0.1, 0.15) is 5.15 Å². The molecule has 0 atom stereocenters. The highest BCUT2D eigenvalue weighted by atomic mass is 35.5. The van der Waals surface area contributed by atoms with E-state index in [4.69, 9.17) is 33.1 Å². The molecule has 0 saturated carbocycles. The van der Waals surface area contributed by atoms with Gasteiger partial charge < -0.3 is 21.5 Å². The minimum absolute atomic E-state index is 0. The number of aromatic nitrogens is 4. The molecule has 0 aliphatic carbocycles. The Kier molecular flexibility index (Phi) is 13.3. The maximum Gasteiger partial charge on any atom is 0.488 e. The van der Waals surface area contributed by atoms with Crippen molar-refractivity contribution >= 4 is 24.2 Å². The van der Waals surface area contributed by atoms with Gasteiger partial charge >= 0.3 is 7.12 Å². The van der Waals surface area contributed by atoms with E-state index < -0.39 is 7.12 Å². The zero-order valence-electron chi connectivity index (χ0n) is 19.1. The number of pyridine rings is 4. The van der Waals surface area contributed by atoms with E-state index in [1.165, 1.54) is 0 Å². The Labute approximate surface area is 212 Å². The van der Waals surface area contributed by atoms with Crippen LogP contribution in [0.3, 0.4) is 0 Å². The van der Waals surface area contributed by atoms with Crippen molar-refractivity contribution in [3.8, 4) is 11.3 Å². The summed E-state index contributed by atoms with van der Waals surface area (Å²) in [5, 5.41) is 17.9. The number of rotatable bonds is 4. The molecule has 4 aromatic rings. The summed E-state index contributed by atoms with van der Waals surface area (Å²) in [7, 11) is -1.39. The van der Waals surface area contributed by atoms with Gasteiger partial charge in [-0.15, -0.1) is 0 Å². The van der Waals surface area contributed by atoms with Crippen molar-refractivity contribution in [2.24, 2.45) is 11.5 Å². The summed E-state index contributed by atoms with van der Waals surface area (Å²) in [6, 6.07) is 14.7. The van der Waals surface area contributed by atoms with E-state index in [2.05, 4.69) is 19.9 Å². The fourth-order valence-corrected chi connectivity index (χ4v) is 2.79. The van der Waals surface area contributed by atoms with Gasteiger partial charge in [-0.25, -0.2) is 4.98 Å². The smallest absolute Gasteiger partial charge is 0.423 e. The Bertz CT molecular complexity index is 1150. The highest BCUT2D eigenvalue weighted by molar-refractivity contribution is 6.58. The van der Waals surface area contributed by atoms with E-state index in [0.717, 1.165) is 33.8 Å². The molecule has 0 bridgehead atoms. The fourth-order valence-electron chi connectivity index (χ4n) is 2.68. The lowest BCUT2D eigenvalue weighted by Crippen LogP contribution is -2.29. The molecule has 0 saturated heterocycles. The van der Waals surface area contributed by atoms with Crippen molar-refractivity contribution < 1.29 is 10.0 Å². The molecular weight excluding hydrogens is 463 g/mol. The molecular formula is C25H32BClN6O2. The molecule has 0 spiro atoms. The summed E-state index contributed by atoms with van der Waals surface area (Å²) in [6.45, 7) is 4.82. The van der Waals surface area contributed by atoms with Crippen LogP contribution in [-0.2, 0) is 13.1 Å². The largest absolute Gasteiger partial charge is 0.488 e. The first-order valence-electron chi connectivity index (χ1n) is 10.5. The van der Waals surface area contributed by atoms with Gasteiger partial charge in [-0.2, -0.15) is 0 Å². The predicted octanol–water partition coefficient (Wildman–Crippen LogP) is 2.81. The van der Waals surface area contributed by atoms with Crippen molar-refractivity contribution in [1.29, 1.82) is 0 Å². The minimum Gasteiger partial charge on any atom is -0.423 e. The third-order valence-corrected chi connectivity index (χ3v) is 4.72. The molecule has 0 aliphatic heterocycles. The van der Waals surface area contributed by atoms with Crippen LogP contribution in [0.4, 0.5) is 0 Å². The average molecular weight is 495 g/mol. The van der Waals surface area contributed by atoms with Crippen molar-refractivity contribution in [3.63, 3.8) is 0 Å². The summed E-state index contributed by atoms with van der Waals surface area (Å²) in [5.74, 6) is 0. The van der Waals surface area contributed by atoms with Gasteiger partial charge in [-0.05, 0) is 66.8 Å². The first kappa shape index (κ1) is 29.8. The third-order valence-electron chi connectivity index (χ3n) is 4.50. The number of hydrogen-bond donors (Lipinski definition) is 4. The van der Waals surface area contributed by atoms with Crippen LogP contribution in [0.1, 0.15) is 29.9 Å². The summed E-state index contributed by atoms with van der Waals surface area (Å²) >= 11 is 5.52. The number of nitrogens with two attached hydrogens (primary N) is 2. The van der Waals surface area contributed by atoms with Gasteiger partial charge in [0, 0.05) is 54.8 Å². The van der Waals surface area contributed by atoms with Crippen LogP contribution in [0.25, 0.3) is 11.3 Å². The quantitative estimate of drug-likeness (QED) is 0.250. The first-order valence-corrected chi connectivity index (χ1v) is 10.9. The van der Waals surface area contributed by atoms with Crippen LogP contribution >= 0.6 is 11.6 Å². The maximum atomic E-state index is 8.68. The lowest BCUT2D eigenvalue weighted by Gasteiger charge is -2.02. The predicted molar refractivity (Wildman–Crippen MR) is 143 cm³/mol. The van der Waals surface area contributed by atoms with Crippen molar-refractivity contribution in [2.75, 3.05) is 0 Å². The summed E-state index contributed by atoms with van der Waals surface area (Å²) in [4.78, 5) is 16.2. The van der Waals surface area contributed by atoms with E-state index in [0.29, 0.717) is 23.7 Å². The number of hydrogen-bond acceptors (Lipinski definition) is 8. The second kappa shape index (κ2) is 15.7. The molecule has 0 amide bonds. The second-order valence-corrected chi connectivity index (χ2v) is 7.63. The Morgan fingerprint density at radius 2 is 1.34 bits per heavy atom. The molecule has 0 radical (unpaired) electrons. The number of aryl methyl sites for hydroxylation is 2. The minimum atomic E-state index is -1.39. The molecule has 10 heteroatoms. The van der Waals surface area contributed by atoms with Crippen molar-refractivity contribution in [2.45, 2.75) is 34.4 Å². The van der Waals surface area contributed by atoms with Crippen LogP contribution in [0.15, 0.2) is 73.3 Å². The zero-order chi connectivity index (χ0) is 24.9.